The molecule has 0 aromatic heterocycles. The van der Waals surface area contributed by atoms with E-state index in [4.69, 9.17) is 5.11 Å². The number of hydrogen-bond acceptors (Lipinski definition) is 4. The minimum Gasteiger partial charge on any atom is -0.481 e. The van der Waals surface area contributed by atoms with Crippen LogP contribution in [0.1, 0.15) is 12.0 Å². The van der Waals surface area contributed by atoms with Crippen LogP contribution in [-0.4, -0.2) is 38.2 Å². The standard InChI is InChI=1S/C14H16N2O5S/c1-22(20,21)16-6-5-8-11(3-2-4-12(8)16)15-13(17)9-7-10(9)14(18)19/h2-4,9-10H,5-7H2,1H3,(H,15,17)(H,18,19). The lowest BCUT2D eigenvalue weighted by atomic mass is 10.1. The van der Waals surface area contributed by atoms with Crippen molar-refractivity contribution in [2.45, 2.75) is 12.8 Å². The summed E-state index contributed by atoms with van der Waals surface area (Å²) in [6.45, 7) is 0.349. The molecule has 1 saturated carbocycles. The number of nitrogens with one attached hydrogen (secondary N) is 1. The van der Waals surface area contributed by atoms with Gasteiger partial charge in [0.05, 0.1) is 23.8 Å². The Labute approximate surface area is 128 Å². The third-order valence-corrected chi connectivity index (χ3v) is 5.27. The summed E-state index contributed by atoms with van der Waals surface area (Å²) in [4.78, 5) is 22.9. The molecule has 1 heterocycles. The molecule has 2 N–H and O–H groups in total. The van der Waals surface area contributed by atoms with Crippen LogP contribution in [0.3, 0.4) is 0 Å². The monoisotopic (exact) mass is 324 g/mol. The number of carbonyl (C=O) groups is 2. The van der Waals surface area contributed by atoms with Gasteiger partial charge in [0.15, 0.2) is 0 Å². The van der Waals surface area contributed by atoms with E-state index in [-0.39, 0.29) is 5.91 Å². The molecule has 0 bridgehead atoms. The van der Waals surface area contributed by atoms with Crippen LogP contribution in [0.25, 0.3) is 0 Å². The van der Waals surface area contributed by atoms with Crippen molar-refractivity contribution >= 4 is 33.3 Å². The van der Waals surface area contributed by atoms with Gasteiger partial charge in [-0.15, -0.1) is 0 Å². The third kappa shape index (κ3) is 2.54. The molecule has 1 fully saturated rings. The van der Waals surface area contributed by atoms with Crippen LogP contribution in [0, 0.1) is 11.8 Å². The van der Waals surface area contributed by atoms with Crippen molar-refractivity contribution in [1.29, 1.82) is 0 Å². The van der Waals surface area contributed by atoms with Crippen LogP contribution in [-0.2, 0) is 26.0 Å². The minimum absolute atomic E-state index is 0.321. The molecule has 0 radical (unpaired) electrons. The maximum atomic E-state index is 12.1. The first-order valence-corrected chi connectivity index (χ1v) is 8.77. The van der Waals surface area contributed by atoms with Gasteiger partial charge in [0.1, 0.15) is 0 Å². The molecule has 0 spiro atoms. The molecule has 118 valence electrons. The molecule has 2 atom stereocenters. The first-order chi connectivity index (χ1) is 10.3. The number of amides is 1. The molecular formula is C14H16N2O5S. The topological polar surface area (TPSA) is 104 Å². The molecule has 8 heteroatoms. The molecule has 1 aliphatic heterocycles. The summed E-state index contributed by atoms with van der Waals surface area (Å²) in [6, 6.07) is 5.09. The van der Waals surface area contributed by atoms with E-state index < -0.39 is 27.8 Å². The number of anilines is 2. The molecule has 2 aliphatic rings. The minimum atomic E-state index is -3.34. The smallest absolute Gasteiger partial charge is 0.307 e. The molecule has 7 nitrogen and oxygen atoms in total. The number of carboxylic acid groups (broad SMARTS) is 1. The third-order valence-electron chi connectivity index (χ3n) is 4.09. The summed E-state index contributed by atoms with van der Waals surface area (Å²) >= 11 is 0. The van der Waals surface area contributed by atoms with Gasteiger partial charge in [0.2, 0.25) is 15.9 Å². The van der Waals surface area contributed by atoms with Crippen LogP contribution in [0.5, 0.6) is 0 Å². The summed E-state index contributed by atoms with van der Waals surface area (Å²) in [6.07, 6.45) is 2.02. The van der Waals surface area contributed by atoms with Gasteiger partial charge in [-0.3, -0.25) is 13.9 Å². The molecule has 1 aromatic rings. The molecular weight excluding hydrogens is 308 g/mol. The predicted octanol–water partition coefficient (Wildman–Crippen LogP) is 0.668. The SMILES string of the molecule is CS(=O)(=O)N1CCc2c(NC(=O)C3CC3C(=O)O)cccc21. The van der Waals surface area contributed by atoms with Crippen LogP contribution in [0.15, 0.2) is 18.2 Å². The number of sulfonamides is 1. The quantitative estimate of drug-likeness (QED) is 0.847. The number of fused-ring (bicyclic) bond motifs is 1. The van der Waals surface area contributed by atoms with E-state index in [0.29, 0.717) is 30.8 Å². The highest BCUT2D eigenvalue weighted by Gasteiger charge is 2.48. The fourth-order valence-corrected chi connectivity index (χ4v) is 3.80. The Morgan fingerprint density at radius 2 is 2.05 bits per heavy atom. The summed E-state index contributed by atoms with van der Waals surface area (Å²) in [5, 5.41) is 11.6. The predicted molar refractivity (Wildman–Crippen MR) is 80.2 cm³/mol. The van der Waals surface area contributed by atoms with Gasteiger partial charge in [0, 0.05) is 17.8 Å². The zero-order chi connectivity index (χ0) is 16.1. The van der Waals surface area contributed by atoms with Crippen molar-refractivity contribution in [1.82, 2.24) is 0 Å². The molecule has 1 amide bonds. The van der Waals surface area contributed by atoms with E-state index in [2.05, 4.69) is 5.32 Å². The number of rotatable bonds is 4. The normalized spacial score (nSPS) is 23.0. The van der Waals surface area contributed by atoms with E-state index in [9.17, 15) is 18.0 Å². The van der Waals surface area contributed by atoms with E-state index >= 15 is 0 Å². The van der Waals surface area contributed by atoms with E-state index in [0.717, 1.165) is 11.8 Å². The average Bonchev–Trinajstić information content (AvgIpc) is 3.10. The van der Waals surface area contributed by atoms with Crippen LogP contribution in [0.4, 0.5) is 11.4 Å². The number of carbonyl (C=O) groups excluding carboxylic acids is 1. The van der Waals surface area contributed by atoms with E-state index in [1.165, 1.54) is 4.31 Å². The highest BCUT2D eigenvalue weighted by atomic mass is 32.2. The van der Waals surface area contributed by atoms with Crippen molar-refractivity contribution < 1.29 is 23.1 Å². The van der Waals surface area contributed by atoms with Crippen LogP contribution in [0.2, 0.25) is 0 Å². The summed E-state index contributed by atoms with van der Waals surface area (Å²) in [5.41, 5.74) is 1.91. The van der Waals surface area contributed by atoms with Crippen molar-refractivity contribution in [2.24, 2.45) is 11.8 Å². The Morgan fingerprint density at radius 1 is 1.32 bits per heavy atom. The van der Waals surface area contributed by atoms with Gasteiger partial charge >= 0.3 is 5.97 Å². The van der Waals surface area contributed by atoms with E-state index in [1.54, 1.807) is 18.2 Å². The highest BCUT2D eigenvalue weighted by Crippen LogP contribution is 2.41. The zero-order valence-electron chi connectivity index (χ0n) is 11.9. The summed E-state index contributed by atoms with van der Waals surface area (Å²) in [5.74, 6) is -2.38. The molecule has 0 saturated heterocycles. The number of nitrogens with zero attached hydrogens (tertiary/aromatic N) is 1. The van der Waals surface area contributed by atoms with Crippen molar-refractivity contribution in [3.63, 3.8) is 0 Å². The average molecular weight is 324 g/mol. The summed E-state index contributed by atoms with van der Waals surface area (Å²) in [7, 11) is -3.34. The zero-order valence-corrected chi connectivity index (χ0v) is 12.8. The summed E-state index contributed by atoms with van der Waals surface area (Å²) < 4.78 is 24.8. The molecule has 1 aromatic carbocycles. The Bertz CT molecular complexity index is 758. The van der Waals surface area contributed by atoms with Gasteiger partial charge in [-0.05, 0) is 25.0 Å². The lowest BCUT2D eigenvalue weighted by Gasteiger charge is -2.17. The Balaban J connectivity index is 1.81. The number of carboxylic acids is 1. The first-order valence-electron chi connectivity index (χ1n) is 6.92. The van der Waals surface area contributed by atoms with Gasteiger partial charge in [-0.25, -0.2) is 8.42 Å². The fraction of sp³-hybridized carbons (Fsp3) is 0.429. The Kier molecular flexibility index (Phi) is 3.36. The van der Waals surface area contributed by atoms with Crippen LogP contribution >= 0.6 is 0 Å². The second-order valence-electron chi connectivity index (χ2n) is 5.66. The first kappa shape index (κ1) is 14.8. The highest BCUT2D eigenvalue weighted by molar-refractivity contribution is 7.92. The van der Waals surface area contributed by atoms with Crippen molar-refractivity contribution in [2.75, 3.05) is 22.4 Å². The molecule has 2 unspecified atom stereocenters. The van der Waals surface area contributed by atoms with Crippen molar-refractivity contribution in [3.8, 4) is 0 Å². The number of hydrogen-bond donors (Lipinski definition) is 2. The van der Waals surface area contributed by atoms with Crippen molar-refractivity contribution in [3.05, 3.63) is 23.8 Å². The Hall–Kier alpha value is -2.09. The maximum Gasteiger partial charge on any atom is 0.307 e. The lowest BCUT2D eigenvalue weighted by Crippen LogP contribution is -2.27. The van der Waals surface area contributed by atoms with Gasteiger partial charge < -0.3 is 10.4 Å². The fourth-order valence-electron chi connectivity index (χ4n) is 2.85. The van der Waals surface area contributed by atoms with Crippen LogP contribution < -0.4 is 9.62 Å². The molecule has 1 aliphatic carbocycles. The Morgan fingerprint density at radius 3 is 2.64 bits per heavy atom. The molecule has 22 heavy (non-hydrogen) atoms. The number of aliphatic carboxylic acids is 1. The second kappa shape index (κ2) is 4.98. The largest absolute Gasteiger partial charge is 0.481 e. The molecule has 3 rings (SSSR count). The number of benzene rings is 1. The van der Waals surface area contributed by atoms with Gasteiger partial charge in [-0.1, -0.05) is 6.07 Å². The van der Waals surface area contributed by atoms with Gasteiger partial charge in [0.25, 0.3) is 0 Å². The van der Waals surface area contributed by atoms with E-state index in [1.807, 2.05) is 0 Å². The van der Waals surface area contributed by atoms with Gasteiger partial charge in [-0.2, -0.15) is 0 Å². The second-order valence-corrected chi connectivity index (χ2v) is 7.57. The maximum absolute atomic E-state index is 12.1. The lowest BCUT2D eigenvalue weighted by molar-refractivity contribution is -0.139.